The van der Waals surface area contributed by atoms with E-state index in [-0.39, 0.29) is 30.6 Å². The second-order valence-corrected chi connectivity index (χ2v) is 6.10. The lowest BCUT2D eigenvalue weighted by atomic mass is 9.97. The molecule has 1 aliphatic rings. The van der Waals surface area contributed by atoms with E-state index in [1.54, 1.807) is 4.90 Å². The lowest BCUT2D eigenvalue weighted by molar-refractivity contribution is 0.156. The average molecular weight is 282 g/mol. The molecule has 0 aromatic carbocycles. The molecule has 112 valence electrons. The molecular formula is C13H22N4O3. The number of amides is 2. The molecule has 0 spiro atoms. The van der Waals surface area contributed by atoms with Gasteiger partial charge < -0.3 is 19.8 Å². The van der Waals surface area contributed by atoms with E-state index < -0.39 is 0 Å². The van der Waals surface area contributed by atoms with Crippen molar-refractivity contribution in [2.24, 2.45) is 0 Å². The number of aromatic nitrogens is 2. The van der Waals surface area contributed by atoms with Crippen molar-refractivity contribution < 1.29 is 14.4 Å². The van der Waals surface area contributed by atoms with E-state index in [1.807, 2.05) is 20.8 Å². The highest BCUT2D eigenvalue weighted by atomic mass is 16.5. The van der Waals surface area contributed by atoms with Gasteiger partial charge in [-0.25, -0.2) is 4.79 Å². The van der Waals surface area contributed by atoms with Gasteiger partial charge in [0, 0.05) is 12.0 Å². The molecule has 20 heavy (non-hydrogen) atoms. The van der Waals surface area contributed by atoms with E-state index in [0.29, 0.717) is 18.3 Å². The van der Waals surface area contributed by atoms with Crippen LogP contribution >= 0.6 is 0 Å². The number of likely N-dealkylation sites (tertiary alicyclic amines) is 1. The fourth-order valence-corrected chi connectivity index (χ4v) is 2.18. The van der Waals surface area contributed by atoms with Crippen LogP contribution in [0.1, 0.15) is 45.3 Å². The molecule has 7 nitrogen and oxygen atoms in total. The van der Waals surface area contributed by atoms with E-state index in [4.69, 9.17) is 4.52 Å². The van der Waals surface area contributed by atoms with Crippen molar-refractivity contribution in [3.63, 3.8) is 0 Å². The molecule has 1 atom stereocenters. The van der Waals surface area contributed by atoms with E-state index >= 15 is 0 Å². The number of hydrogen-bond acceptors (Lipinski definition) is 5. The predicted octanol–water partition coefficient (Wildman–Crippen LogP) is 1.03. The Bertz CT molecular complexity index is 466. The number of hydrogen-bond donors (Lipinski definition) is 2. The summed E-state index contributed by atoms with van der Waals surface area (Å²) in [7, 11) is 0. The van der Waals surface area contributed by atoms with Gasteiger partial charge in [-0.15, -0.1) is 0 Å². The summed E-state index contributed by atoms with van der Waals surface area (Å²) in [6, 6.07) is -0.269. The Morgan fingerprint density at radius 1 is 1.55 bits per heavy atom. The molecular weight excluding hydrogens is 260 g/mol. The maximum atomic E-state index is 12.0. The molecule has 1 aromatic rings. The van der Waals surface area contributed by atoms with E-state index in [1.165, 1.54) is 0 Å². The molecule has 1 aliphatic heterocycles. The summed E-state index contributed by atoms with van der Waals surface area (Å²) in [5.41, 5.74) is -0.202. The fourth-order valence-electron chi connectivity index (χ4n) is 2.18. The largest absolute Gasteiger partial charge is 0.394 e. The molecule has 2 N–H and O–H groups in total. The van der Waals surface area contributed by atoms with Crippen molar-refractivity contribution in [3.05, 3.63) is 11.7 Å². The topological polar surface area (TPSA) is 91.5 Å². The minimum atomic E-state index is -0.202. The molecule has 2 heterocycles. The van der Waals surface area contributed by atoms with Crippen molar-refractivity contribution in [1.29, 1.82) is 0 Å². The summed E-state index contributed by atoms with van der Waals surface area (Å²) in [6.07, 6.45) is 1.77. The molecule has 1 fully saturated rings. The maximum Gasteiger partial charge on any atom is 0.318 e. The number of carbonyl (C=O) groups excluding carboxylic acids is 1. The summed E-state index contributed by atoms with van der Waals surface area (Å²) < 4.78 is 5.16. The Kier molecular flexibility index (Phi) is 4.27. The minimum Gasteiger partial charge on any atom is -0.394 e. The summed E-state index contributed by atoms with van der Waals surface area (Å²) in [5, 5.41) is 15.8. The number of urea groups is 1. The Hall–Kier alpha value is -1.63. The Balaban J connectivity index is 1.89. The summed E-state index contributed by atoms with van der Waals surface area (Å²) in [4.78, 5) is 17.9. The molecule has 1 unspecified atom stereocenters. The highest BCUT2D eigenvalue weighted by molar-refractivity contribution is 5.74. The molecule has 7 heteroatoms. The summed E-state index contributed by atoms with van der Waals surface area (Å²) in [5.74, 6) is 1.01. The van der Waals surface area contributed by atoms with Crippen LogP contribution in [0.5, 0.6) is 0 Å². The standard InChI is InChI=1S/C13H22N4O3/c1-13(2,3)11-15-10(16-20-11)7-14-12(19)17-6-4-5-9(17)8-18/h9,18H,4-8H2,1-3H3,(H,14,19). The van der Waals surface area contributed by atoms with Gasteiger partial charge in [-0.05, 0) is 12.8 Å². The van der Waals surface area contributed by atoms with Crippen LogP contribution in [0.2, 0.25) is 0 Å². The second kappa shape index (κ2) is 5.78. The molecule has 0 bridgehead atoms. The number of rotatable bonds is 3. The van der Waals surface area contributed by atoms with Crippen LogP contribution in [-0.4, -0.2) is 45.4 Å². The van der Waals surface area contributed by atoms with Crippen LogP contribution in [0.3, 0.4) is 0 Å². The quantitative estimate of drug-likeness (QED) is 0.864. The molecule has 0 saturated carbocycles. The zero-order chi connectivity index (χ0) is 14.8. The highest BCUT2D eigenvalue weighted by Crippen LogP contribution is 2.20. The van der Waals surface area contributed by atoms with Gasteiger partial charge in [0.1, 0.15) is 0 Å². The van der Waals surface area contributed by atoms with Crippen LogP contribution in [0, 0.1) is 0 Å². The van der Waals surface area contributed by atoms with E-state index in [9.17, 15) is 9.90 Å². The highest BCUT2D eigenvalue weighted by Gasteiger charge is 2.28. The van der Waals surface area contributed by atoms with Gasteiger partial charge in [0.2, 0.25) is 5.89 Å². The third-order valence-electron chi connectivity index (χ3n) is 3.36. The molecule has 0 radical (unpaired) electrons. The third kappa shape index (κ3) is 3.27. The van der Waals surface area contributed by atoms with Crippen LogP contribution in [0.4, 0.5) is 4.79 Å². The Morgan fingerprint density at radius 2 is 2.30 bits per heavy atom. The van der Waals surface area contributed by atoms with Gasteiger partial charge in [0.15, 0.2) is 5.82 Å². The minimum absolute atomic E-state index is 0.00377. The van der Waals surface area contributed by atoms with Crippen molar-refractivity contribution in [2.75, 3.05) is 13.2 Å². The van der Waals surface area contributed by atoms with E-state index in [2.05, 4.69) is 15.5 Å². The Morgan fingerprint density at radius 3 is 2.90 bits per heavy atom. The number of carbonyl (C=O) groups is 1. The summed E-state index contributed by atoms with van der Waals surface area (Å²) in [6.45, 7) is 6.87. The van der Waals surface area contributed by atoms with Gasteiger partial charge in [-0.3, -0.25) is 0 Å². The third-order valence-corrected chi connectivity index (χ3v) is 3.36. The first kappa shape index (κ1) is 14.8. The first-order valence-electron chi connectivity index (χ1n) is 6.90. The Labute approximate surface area is 118 Å². The fraction of sp³-hybridized carbons (Fsp3) is 0.769. The number of nitrogens with zero attached hydrogens (tertiary/aromatic N) is 3. The number of aliphatic hydroxyl groups excluding tert-OH is 1. The average Bonchev–Trinajstić information content (AvgIpc) is 3.03. The van der Waals surface area contributed by atoms with E-state index in [0.717, 1.165) is 12.8 Å². The first-order valence-corrected chi connectivity index (χ1v) is 6.90. The first-order chi connectivity index (χ1) is 9.41. The molecule has 1 saturated heterocycles. The molecule has 0 aliphatic carbocycles. The van der Waals surface area contributed by atoms with Crippen LogP contribution in [0.25, 0.3) is 0 Å². The zero-order valence-electron chi connectivity index (χ0n) is 12.2. The van der Waals surface area contributed by atoms with Crippen LogP contribution < -0.4 is 5.32 Å². The predicted molar refractivity (Wildman–Crippen MR) is 72.0 cm³/mol. The van der Waals surface area contributed by atoms with Crippen LogP contribution in [-0.2, 0) is 12.0 Å². The van der Waals surface area contributed by atoms with Gasteiger partial charge in [0.25, 0.3) is 0 Å². The smallest absolute Gasteiger partial charge is 0.318 e. The van der Waals surface area contributed by atoms with Gasteiger partial charge in [0.05, 0.1) is 19.2 Å². The van der Waals surface area contributed by atoms with Gasteiger partial charge in [-0.1, -0.05) is 25.9 Å². The van der Waals surface area contributed by atoms with Crippen molar-refractivity contribution in [3.8, 4) is 0 Å². The lowest BCUT2D eigenvalue weighted by Gasteiger charge is -2.22. The maximum absolute atomic E-state index is 12.0. The number of aliphatic hydroxyl groups is 1. The lowest BCUT2D eigenvalue weighted by Crippen LogP contribution is -2.44. The normalized spacial score (nSPS) is 19.4. The van der Waals surface area contributed by atoms with Gasteiger partial charge >= 0.3 is 6.03 Å². The zero-order valence-corrected chi connectivity index (χ0v) is 12.2. The number of nitrogens with one attached hydrogen (secondary N) is 1. The molecule has 2 rings (SSSR count). The molecule has 1 aromatic heterocycles. The van der Waals surface area contributed by atoms with Crippen molar-refractivity contribution in [1.82, 2.24) is 20.4 Å². The van der Waals surface area contributed by atoms with Crippen molar-refractivity contribution in [2.45, 2.75) is 51.6 Å². The van der Waals surface area contributed by atoms with Gasteiger partial charge in [-0.2, -0.15) is 4.98 Å². The van der Waals surface area contributed by atoms with Crippen LogP contribution in [0.15, 0.2) is 4.52 Å². The molecule has 2 amide bonds. The summed E-state index contributed by atoms with van der Waals surface area (Å²) >= 11 is 0. The SMILES string of the molecule is CC(C)(C)c1nc(CNC(=O)N2CCCC2CO)no1. The monoisotopic (exact) mass is 282 g/mol. The second-order valence-electron chi connectivity index (χ2n) is 6.10. The van der Waals surface area contributed by atoms with Crippen molar-refractivity contribution >= 4 is 6.03 Å².